The maximum Gasteiger partial charge on any atom is 0.417 e. The number of methoxy groups -OCH3 is 1. The molecule has 0 saturated carbocycles. The largest absolute Gasteiger partial charge is 0.417 e. The minimum atomic E-state index is -4.76. The molecule has 0 spiro atoms. The SMILES string of the molecule is COC[C@H]1CSc2c(-c3ccc(F)c4sc(N)nc34)c(C(F)(F)F)cc3c(N4CC5CCC(C4)N5)nc(=O)n1c23. The summed E-state index contributed by atoms with van der Waals surface area (Å²) in [6.45, 7) is 1.29. The molecule has 40 heavy (non-hydrogen) atoms. The van der Waals surface area contributed by atoms with Crippen LogP contribution < -0.4 is 21.6 Å². The van der Waals surface area contributed by atoms with Crippen LogP contribution in [-0.4, -0.2) is 59.2 Å². The first kappa shape index (κ1) is 26.0. The fourth-order valence-corrected chi connectivity index (χ4v) is 8.38. The van der Waals surface area contributed by atoms with E-state index >= 15 is 0 Å². The molecule has 2 fully saturated rings. The Morgan fingerprint density at radius 1 is 1.20 bits per heavy atom. The summed E-state index contributed by atoms with van der Waals surface area (Å²) in [5, 5.41) is 3.82. The number of hydrogen-bond acceptors (Lipinski definition) is 9. The molecule has 2 aromatic heterocycles. The molecule has 2 aromatic carbocycles. The van der Waals surface area contributed by atoms with Crippen LogP contribution in [0, 0.1) is 5.82 Å². The van der Waals surface area contributed by atoms with Gasteiger partial charge in [0.2, 0.25) is 0 Å². The number of piperazine rings is 1. The van der Waals surface area contributed by atoms with E-state index in [1.54, 1.807) is 0 Å². The van der Waals surface area contributed by atoms with Crippen LogP contribution in [0.5, 0.6) is 0 Å². The maximum atomic E-state index is 14.9. The third kappa shape index (κ3) is 3.98. The molecule has 3 aliphatic heterocycles. The minimum absolute atomic E-state index is 0.0499. The number of fused-ring (bicyclic) bond motifs is 3. The molecule has 3 atom stereocenters. The van der Waals surface area contributed by atoms with E-state index in [-0.39, 0.29) is 61.3 Å². The van der Waals surface area contributed by atoms with Crippen LogP contribution in [0.15, 0.2) is 27.9 Å². The van der Waals surface area contributed by atoms with Crippen LogP contribution in [-0.2, 0) is 10.9 Å². The summed E-state index contributed by atoms with van der Waals surface area (Å²) in [6, 6.07) is 3.48. The van der Waals surface area contributed by atoms with Crippen molar-refractivity contribution in [3.8, 4) is 11.1 Å². The normalized spacial score (nSPS) is 22.5. The van der Waals surface area contributed by atoms with Crippen LogP contribution >= 0.6 is 23.1 Å². The maximum absolute atomic E-state index is 14.9. The topological polar surface area (TPSA) is 98.3 Å². The van der Waals surface area contributed by atoms with Gasteiger partial charge in [-0.05, 0) is 31.0 Å². The molecule has 8 nitrogen and oxygen atoms in total. The van der Waals surface area contributed by atoms with Crippen molar-refractivity contribution in [2.24, 2.45) is 0 Å². The van der Waals surface area contributed by atoms with E-state index < -0.39 is 29.3 Å². The number of nitrogen functional groups attached to an aromatic ring is 1. The molecular weight excluding hydrogens is 568 g/mol. The van der Waals surface area contributed by atoms with Crippen LogP contribution in [0.2, 0.25) is 0 Å². The second-order valence-electron chi connectivity index (χ2n) is 10.4. The van der Waals surface area contributed by atoms with Gasteiger partial charge in [0, 0.05) is 59.4 Å². The first-order chi connectivity index (χ1) is 19.1. The number of anilines is 2. The van der Waals surface area contributed by atoms with Gasteiger partial charge in [-0.25, -0.2) is 14.2 Å². The molecule has 14 heteroatoms. The van der Waals surface area contributed by atoms with E-state index in [0.717, 1.165) is 36.3 Å². The molecule has 210 valence electrons. The Kier molecular flexibility index (Phi) is 6.04. The van der Waals surface area contributed by atoms with Crippen molar-refractivity contribution in [3.05, 3.63) is 40.1 Å². The highest BCUT2D eigenvalue weighted by atomic mass is 32.2. The second kappa shape index (κ2) is 9.29. The molecule has 3 N–H and O–H groups in total. The number of benzene rings is 2. The quantitative estimate of drug-likeness (QED) is 0.331. The van der Waals surface area contributed by atoms with Crippen molar-refractivity contribution in [1.82, 2.24) is 19.9 Å². The highest BCUT2D eigenvalue weighted by Gasteiger charge is 2.41. The summed E-state index contributed by atoms with van der Waals surface area (Å²) < 4.78 is 66.3. The Morgan fingerprint density at radius 3 is 2.65 bits per heavy atom. The van der Waals surface area contributed by atoms with Crippen molar-refractivity contribution >= 4 is 55.2 Å². The number of nitrogens with one attached hydrogen (secondary N) is 1. The van der Waals surface area contributed by atoms with E-state index in [9.17, 15) is 22.4 Å². The number of aromatic nitrogens is 3. The lowest BCUT2D eigenvalue weighted by Crippen LogP contribution is -2.52. The highest BCUT2D eigenvalue weighted by Crippen LogP contribution is 2.51. The van der Waals surface area contributed by atoms with Gasteiger partial charge in [0.15, 0.2) is 5.13 Å². The monoisotopic (exact) mass is 592 g/mol. The van der Waals surface area contributed by atoms with Gasteiger partial charge >= 0.3 is 11.9 Å². The zero-order chi connectivity index (χ0) is 27.9. The summed E-state index contributed by atoms with van der Waals surface area (Å²) in [6.07, 6.45) is -2.84. The number of nitrogens with zero attached hydrogens (tertiary/aromatic N) is 4. The summed E-state index contributed by atoms with van der Waals surface area (Å²) in [7, 11) is 1.51. The molecule has 0 amide bonds. The van der Waals surface area contributed by atoms with E-state index in [1.807, 2.05) is 4.90 Å². The van der Waals surface area contributed by atoms with Gasteiger partial charge in [-0.3, -0.25) is 4.57 Å². The average Bonchev–Trinajstić information content (AvgIpc) is 3.47. The lowest BCUT2D eigenvalue weighted by molar-refractivity contribution is -0.137. The molecule has 5 heterocycles. The van der Waals surface area contributed by atoms with Crippen LogP contribution in [0.3, 0.4) is 0 Å². The van der Waals surface area contributed by atoms with E-state index in [2.05, 4.69) is 15.3 Å². The standard InChI is InChI=1S/C26H24F4N6O2S2/c1-38-9-13-10-39-22-18(14-4-5-17(27)21-19(14)33-24(31)40-21)16(26(28,29)30)6-15-20(22)36(13)25(37)34-23(15)35-7-11-2-3-12(8-35)32-11/h4-6,11-13,32H,2-3,7-10H2,1H3,(H2,31,33)/t11?,12?,13-/m0/s1. The van der Waals surface area contributed by atoms with Crippen LogP contribution in [0.25, 0.3) is 32.2 Å². The molecule has 7 rings (SSSR count). The Morgan fingerprint density at radius 2 is 1.95 bits per heavy atom. The van der Waals surface area contributed by atoms with Crippen molar-refractivity contribution < 1.29 is 22.3 Å². The van der Waals surface area contributed by atoms with Crippen molar-refractivity contribution in [2.75, 3.05) is 43.2 Å². The zero-order valence-corrected chi connectivity index (χ0v) is 22.9. The first-order valence-electron chi connectivity index (χ1n) is 12.8. The number of thiazole rings is 1. The molecule has 4 aromatic rings. The number of halogens is 4. The van der Waals surface area contributed by atoms with E-state index in [4.69, 9.17) is 10.5 Å². The Balaban J connectivity index is 1.59. The molecule has 2 bridgehead atoms. The Hall–Kier alpha value is -2.94. The fourth-order valence-electron chi connectivity index (χ4n) is 6.30. The number of rotatable bonds is 4. The zero-order valence-electron chi connectivity index (χ0n) is 21.2. The van der Waals surface area contributed by atoms with Gasteiger partial charge in [-0.15, -0.1) is 11.8 Å². The number of hydrogen-bond donors (Lipinski definition) is 2. The first-order valence-corrected chi connectivity index (χ1v) is 14.6. The minimum Gasteiger partial charge on any atom is -0.383 e. The third-order valence-electron chi connectivity index (χ3n) is 7.89. The van der Waals surface area contributed by atoms with Crippen molar-refractivity contribution in [2.45, 2.75) is 42.0 Å². The second-order valence-corrected chi connectivity index (χ2v) is 12.5. The molecule has 0 radical (unpaired) electrons. The Bertz CT molecular complexity index is 1730. The van der Waals surface area contributed by atoms with Gasteiger partial charge in [0.05, 0.1) is 33.9 Å². The molecule has 3 aliphatic rings. The summed E-state index contributed by atoms with van der Waals surface area (Å²) >= 11 is 2.11. The highest BCUT2D eigenvalue weighted by molar-refractivity contribution is 7.99. The predicted molar refractivity (Wildman–Crippen MR) is 148 cm³/mol. The smallest absolute Gasteiger partial charge is 0.383 e. The van der Waals surface area contributed by atoms with Crippen molar-refractivity contribution in [3.63, 3.8) is 0 Å². The van der Waals surface area contributed by atoms with Gasteiger partial charge < -0.3 is 20.7 Å². The number of alkyl halides is 3. The van der Waals surface area contributed by atoms with Crippen LogP contribution in [0.4, 0.5) is 28.5 Å². The molecule has 2 unspecified atom stereocenters. The number of nitrogens with two attached hydrogens (primary N) is 1. The van der Waals surface area contributed by atoms with E-state index in [0.29, 0.717) is 24.4 Å². The molecule has 2 saturated heterocycles. The van der Waals surface area contributed by atoms with Gasteiger partial charge in [-0.1, -0.05) is 11.3 Å². The predicted octanol–water partition coefficient (Wildman–Crippen LogP) is 4.65. The van der Waals surface area contributed by atoms with Crippen molar-refractivity contribution in [1.29, 1.82) is 0 Å². The summed E-state index contributed by atoms with van der Waals surface area (Å²) in [5.74, 6) is -0.0544. The van der Waals surface area contributed by atoms with Gasteiger partial charge in [-0.2, -0.15) is 18.2 Å². The lowest BCUT2D eigenvalue weighted by atomic mass is 9.95. The fraction of sp³-hybridized carbons (Fsp3) is 0.423. The van der Waals surface area contributed by atoms with Gasteiger partial charge in [0.25, 0.3) is 0 Å². The Labute approximate surface area is 233 Å². The van der Waals surface area contributed by atoms with E-state index in [1.165, 1.54) is 29.5 Å². The molecular formula is C26H24F4N6O2S2. The average molecular weight is 593 g/mol. The third-order valence-corrected chi connectivity index (χ3v) is 10.0. The summed E-state index contributed by atoms with van der Waals surface area (Å²) in [5.41, 5.74) is 4.85. The summed E-state index contributed by atoms with van der Waals surface area (Å²) in [4.78, 5) is 24.4. The number of thioether (sulfide) groups is 1. The van der Waals surface area contributed by atoms with Gasteiger partial charge in [0.1, 0.15) is 11.6 Å². The number of ether oxygens (including phenoxy) is 1. The van der Waals surface area contributed by atoms with Crippen LogP contribution in [0.1, 0.15) is 24.4 Å². The lowest BCUT2D eigenvalue weighted by Gasteiger charge is -2.36. The molecule has 0 aliphatic carbocycles.